The van der Waals surface area contributed by atoms with Crippen molar-refractivity contribution in [3.8, 4) is 6.07 Å². The van der Waals surface area contributed by atoms with E-state index in [2.05, 4.69) is 17.6 Å². The Morgan fingerprint density at radius 1 is 1.24 bits per heavy atom. The standard InChI is InChI=1S/C20H16ClN3O/c1-2-9-24(13-15-5-3-14(12-22)4-6-15)20(25)19-11-16-10-17(21)7-8-18(16)23-19/h2-8,10-11,23H,1,9,13H2. The molecule has 3 rings (SSSR count). The van der Waals surface area contributed by atoms with Crippen LogP contribution < -0.4 is 0 Å². The number of hydrogen-bond acceptors (Lipinski definition) is 2. The Bertz CT molecular complexity index is 967. The van der Waals surface area contributed by atoms with E-state index in [9.17, 15) is 4.79 Å². The summed E-state index contributed by atoms with van der Waals surface area (Å²) in [5, 5.41) is 10.4. The Balaban J connectivity index is 1.86. The second-order valence-electron chi connectivity index (χ2n) is 5.70. The molecule has 0 radical (unpaired) electrons. The topological polar surface area (TPSA) is 59.9 Å². The lowest BCUT2D eigenvalue weighted by atomic mass is 10.1. The molecule has 5 heteroatoms. The van der Waals surface area contributed by atoms with Crippen molar-refractivity contribution in [2.24, 2.45) is 0 Å². The first-order valence-corrected chi connectivity index (χ1v) is 8.16. The predicted molar refractivity (Wildman–Crippen MR) is 99.4 cm³/mol. The zero-order valence-electron chi connectivity index (χ0n) is 13.5. The van der Waals surface area contributed by atoms with Crippen molar-refractivity contribution >= 4 is 28.4 Å². The van der Waals surface area contributed by atoms with Crippen molar-refractivity contribution in [3.05, 3.63) is 83.0 Å². The first-order chi connectivity index (χ1) is 12.1. The summed E-state index contributed by atoms with van der Waals surface area (Å²) in [6.45, 7) is 4.60. The van der Waals surface area contributed by atoms with Gasteiger partial charge >= 0.3 is 0 Å². The molecule has 0 atom stereocenters. The van der Waals surface area contributed by atoms with E-state index in [1.165, 1.54) is 0 Å². The summed E-state index contributed by atoms with van der Waals surface area (Å²) in [4.78, 5) is 17.7. The summed E-state index contributed by atoms with van der Waals surface area (Å²) in [6.07, 6.45) is 1.70. The SMILES string of the molecule is C=CCN(Cc1ccc(C#N)cc1)C(=O)c1cc2cc(Cl)ccc2[nH]1. The van der Waals surface area contributed by atoms with Gasteiger partial charge in [0.1, 0.15) is 5.69 Å². The zero-order valence-corrected chi connectivity index (χ0v) is 14.3. The van der Waals surface area contributed by atoms with Gasteiger partial charge in [-0.25, -0.2) is 0 Å². The summed E-state index contributed by atoms with van der Waals surface area (Å²) in [6, 6.07) is 16.6. The van der Waals surface area contributed by atoms with Crippen LogP contribution in [0.1, 0.15) is 21.6 Å². The number of hydrogen-bond donors (Lipinski definition) is 1. The predicted octanol–water partition coefficient (Wildman–Crippen LogP) is 4.52. The molecular formula is C20H16ClN3O. The van der Waals surface area contributed by atoms with Crippen molar-refractivity contribution in [2.45, 2.75) is 6.54 Å². The fourth-order valence-corrected chi connectivity index (χ4v) is 2.85. The molecule has 2 aromatic carbocycles. The highest BCUT2D eigenvalue weighted by Gasteiger charge is 2.17. The molecule has 124 valence electrons. The monoisotopic (exact) mass is 349 g/mol. The van der Waals surface area contributed by atoms with Gasteiger partial charge in [-0.3, -0.25) is 4.79 Å². The number of carbonyl (C=O) groups excluding carboxylic acids is 1. The van der Waals surface area contributed by atoms with Crippen molar-refractivity contribution in [1.29, 1.82) is 5.26 Å². The third kappa shape index (κ3) is 3.73. The molecule has 0 saturated heterocycles. The summed E-state index contributed by atoms with van der Waals surface area (Å²) in [5.74, 6) is -0.114. The van der Waals surface area contributed by atoms with Crippen LogP contribution in [0.3, 0.4) is 0 Å². The van der Waals surface area contributed by atoms with Gasteiger partial charge in [0.05, 0.1) is 11.6 Å². The Morgan fingerprint density at radius 3 is 2.68 bits per heavy atom. The van der Waals surface area contributed by atoms with E-state index < -0.39 is 0 Å². The van der Waals surface area contributed by atoms with Crippen LogP contribution in [-0.2, 0) is 6.54 Å². The minimum absolute atomic E-state index is 0.114. The molecule has 0 aliphatic heterocycles. The molecule has 0 aliphatic rings. The fraction of sp³-hybridized carbons (Fsp3) is 0.100. The molecule has 0 fully saturated rings. The maximum absolute atomic E-state index is 12.9. The summed E-state index contributed by atoms with van der Waals surface area (Å²) < 4.78 is 0. The van der Waals surface area contributed by atoms with Crippen LogP contribution in [0.4, 0.5) is 0 Å². The molecule has 1 N–H and O–H groups in total. The molecule has 3 aromatic rings. The third-order valence-corrected chi connectivity index (χ3v) is 4.14. The van der Waals surface area contributed by atoms with Crippen LogP contribution >= 0.6 is 11.6 Å². The summed E-state index contributed by atoms with van der Waals surface area (Å²) in [5.41, 5.74) is 2.92. The van der Waals surface area contributed by atoms with Gasteiger partial charge in [0.2, 0.25) is 0 Å². The van der Waals surface area contributed by atoms with E-state index in [0.717, 1.165) is 16.5 Å². The maximum Gasteiger partial charge on any atom is 0.270 e. The summed E-state index contributed by atoms with van der Waals surface area (Å²) >= 11 is 6.01. The average Bonchev–Trinajstić information content (AvgIpc) is 3.04. The molecule has 1 heterocycles. The Labute approximate surface area is 150 Å². The quantitative estimate of drug-likeness (QED) is 0.688. The highest BCUT2D eigenvalue weighted by molar-refractivity contribution is 6.31. The van der Waals surface area contributed by atoms with Crippen molar-refractivity contribution in [2.75, 3.05) is 6.54 Å². The lowest BCUT2D eigenvalue weighted by Gasteiger charge is -2.20. The second-order valence-corrected chi connectivity index (χ2v) is 6.13. The molecule has 0 saturated carbocycles. The Morgan fingerprint density at radius 2 is 2.00 bits per heavy atom. The first-order valence-electron chi connectivity index (χ1n) is 7.78. The van der Waals surface area contributed by atoms with Crippen LogP contribution in [0.2, 0.25) is 5.02 Å². The molecule has 1 amide bonds. The van der Waals surface area contributed by atoms with Gasteiger partial charge in [0, 0.05) is 29.0 Å². The van der Waals surface area contributed by atoms with E-state index in [1.807, 2.05) is 24.3 Å². The van der Waals surface area contributed by atoms with Crippen molar-refractivity contribution < 1.29 is 4.79 Å². The van der Waals surface area contributed by atoms with Crippen LogP contribution in [0, 0.1) is 11.3 Å². The Hall–Kier alpha value is -3.03. The lowest BCUT2D eigenvalue weighted by molar-refractivity contribution is 0.0758. The van der Waals surface area contributed by atoms with Gasteiger partial charge in [-0.1, -0.05) is 29.8 Å². The number of rotatable bonds is 5. The minimum atomic E-state index is -0.114. The van der Waals surface area contributed by atoms with E-state index >= 15 is 0 Å². The number of aromatic nitrogens is 1. The second kappa shape index (κ2) is 7.25. The smallest absolute Gasteiger partial charge is 0.270 e. The number of aromatic amines is 1. The van der Waals surface area contributed by atoms with Gasteiger partial charge in [-0.05, 0) is 42.0 Å². The number of nitriles is 1. The molecule has 0 unspecified atom stereocenters. The molecule has 0 aliphatic carbocycles. The van der Waals surface area contributed by atoms with E-state index in [0.29, 0.717) is 29.4 Å². The van der Waals surface area contributed by atoms with Gasteiger partial charge in [0.15, 0.2) is 0 Å². The third-order valence-electron chi connectivity index (χ3n) is 3.91. The number of halogens is 1. The van der Waals surface area contributed by atoms with Crippen LogP contribution in [-0.4, -0.2) is 22.3 Å². The van der Waals surface area contributed by atoms with E-state index in [-0.39, 0.29) is 5.91 Å². The number of nitrogens with one attached hydrogen (secondary N) is 1. The van der Waals surface area contributed by atoms with E-state index in [1.54, 1.807) is 35.2 Å². The van der Waals surface area contributed by atoms with Crippen molar-refractivity contribution in [3.63, 3.8) is 0 Å². The zero-order chi connectivity index (χ0) is 17.8. The molecule has 4 nitrogen and oxygen atoms in total. The van der Waals surface area contributed by atoms with Gasteiger partial charge in [0.25, 0.3) is 5.91 Å². The number of fused-ring (bicyclic) bond motifs is 1. The fourth-order valence-electron chi connectivity index (χ4n) is 2.67. The van der Waals surface area contributed by atoms with Crippen LogP contribution in [0.5, 0.6) is 0 Å². The highest BCUT2D eigenvalue weighted by atomic mass is 35.5. The highest BCUT2D eigenvalue weighted by Crippen LogP contribution is 2.21. The minimum Gasteiger partial charge on any atom is -0.351 e. The number of carbonyl (C=O) groups is 1. The average molecular weight is 350 g/mol. The van der Waals surface area contributed by atoms with Crippen molar-refractivity contribution in [1.82, 2.24) is 9.88 Å². The number of amides is 1. The van der Waals surface area contributed by atoms with E-state index in [4.69, 9.17) is 16.9 Å². The first kappa shape index (κ1) is 16.8. The van der Waals surface area contributed by atoms with Crippen LogP contribution in [0.25, 0.3) is 10.9 Å². The maximum atomic E-state index is 12.9. The van der Waals surface area contributed by atoms with Gasteiger partial charge in [-0.15, -0.1) is 6.58 Å². The Kier molecular flexibility index (Phi) is 4.87. The molecule has 0 spiro atoms. The van der Waals surface area contributed by atoms with Gasteiger partial charge in [-0.2, -0.15) is 5.26 Å². The van der Waals surface area contributed by atoms with Crippen LogP contribution in [0.15, 0.2) is 61.2 Å². The number of H-pyrrole nitrogens is 1. The number of nitrogens with zero attached hydrogens (tertiary/aromatic N) is 2. The largest absolute Gasteiger partial charge is 0.351 e. The summed E-state index contributed by atoms with van der Waals surface area (Å²) in [7, 11) is 0. The molecule has 1 aromatic heterocycles. The normalized spacial score (nSPS) is 10.4. The molecule has 25 heavy (non-hydrogen) atoms. The number of benzene rings is 2. The molecule has 0 bridgehead atoms. The molecular weight excluding hydrogens is 334 g/mol. The van der Waals surface area contributed by atoms with Gasteiger partial charge < -0.3 is 9.88 Å². The lowest BCUT2D eigenvalue weighted by Crippen LogP contribution is -2.30.